The predicted octanol–water partition coefficient (Wildman–Crippen LogP) is 1.71. The number of ether oxygens (including phenoxy) is 2. The number of carbonyl (C=O) groups excluding carboxylic acids is 1. The number of para-hydroxylation sites is 2. The van der Waals surface area contributed by atoms with E-state index in [1.807, 2.05) is 38.1 Å². The SMILES string of the molecule is CC(C)[C@H](N=C1NS(=O)(=O)c2ccccc21)C(=O)NCC1COc2ccccc2O1. The van der Waals surface area contributed by atoms with Crippen molar-refractivity contribution < 1.29 is 22.7 Å². The third kappa shape index (κ3) is 3.97. The Labute approximate surface area is 175 Å². The number of hydrogen-bond donors (Lipinski definition) is 2. The molecule has 0 bridgehead atoms. The van der Waals surface area contributed by atoms with Gasteiger partial charge in [0.05, 0.1) is 11.4 Å². The van der Waals surface area contributed by atoms with Crippen LogP contribution in [0.25, 0.3) is 0 Å². The molecule has 4 rings (SSSR count). The van der Waals surface area contributed by atoms with Crippen molar-refractivity contribution in [3.63, 3.8) is 0 Å². The van der Waals surface area contributed by atoms with Crippen LogP contribution in [0.15, 0.2) is 58.4 Å². The third-order valence-electron chi connectivity index (χ3n) is 4.90. The Bertz CT molecular complexity index is 1100. The highest BCUT2D eigenvalue weighted by molar-refractivity contribution is 7.90. The minimum absolute atomic E-state index is 0.140. The van der Waals surface area contributed by atoms with E-state index >= 15 is 0 Å². The van der Waals surface area contributed by atoms with Gasteiger partial charge in [0.25, 0.3) is 10.0 Å². The van der Waals surface area contributed by atoms with E-state index in [0.29, 0.717) is 23.7 Å². The molecule has 30 heavy (non-hydrogen) atoms. The normalized spacial score (nSPS) is 21.0. The second-order valence-corrected chi connectivity index (χ2v) is 9.16. The van der Waals surface area contributed by atoms with Crippen molar-refractivity contribution in [2.45, 2.75) is 30.9 Å². The molecule has 8 nitrogen and oxygen atoms in total. The number of amides is 1. The Morgan fingerprint density at radius 2 is 1.87 bits per heavy atom. The Morgan fingerprint density at radius 1 is 1.17 bits per heavy atom. The zero-order chi connectivity index (χ0) is 21.3. The molecule has 1 unspecified atom stereocenters. The number of carbonyl (C=O) groups is 1. The highest BCUT2D eigenvalue weighted by Crippen LogP contribution is 2.30. The molecule has 9 heteroatoms. The largest absolute Gasteiger partial charge is 0.486 e. The summed E-state index contributed by atoms with van der Waals surface area (Å²) in [6.07, 6.45) is -0.324. The molecule has 0 radical (unpaired) electrons. The Kier molecular flexibility index (Phi) is 5.38. The molecule has 2 atom stereocenters. The summed E-state index contributed by atoms with van der Waals surface area (Å²) in [5.74, 6) is 1.06. The number of sulfonamides is 1. The van der Waals surface area contributed by atoms with Crippen LogP contribution in [0.1, 0.15) is 19.4 Å². The Balaban J connectivity index is 1.47. The minimum atomic E-state index is -3.66. The van der Waals surface area contributed by atoms with Gasteiger partial charge in [0.2, 0.25) is 5.91 Å². The van der Waals surface area contributed by atoms with Gasteiger partial charge in [-0.05, 0) is 30.2 Å². The lowest BCUT2D eigenvalue weighted by molar-refractivity contribution is -0.123. The molecule has 2 aromatic rings. The van der Waals surface area contributed by atoms with Gasteiger partial charge in [-0.3, -0.25) is 14.5 Å². The molecule has 0 spiro atoms. The number of amidine groups is 1. The van der Waals surface area contributed by atoms with Crippen LogP contribution in [0.3, 0.4) is 0 Å². The van der Waals surface area contributed by atoms with E-state index in [-0.39, 0.29) is 35.2 Å². The number of fused-ring (bicyclic) bond motifs is 2. The molecule has 2 heterocycles. The van der Waals surface area contributed by atoms with Crippen molar-refractivity contribution in [1.29, 1.82) is 0 Å². The lowest BCUT2D eigenvalue weighted by Gasteiger charge is -2.27. The monoisotopic (exact) mass is 429 g/mol. The van der Waals surface area contributed by atoms with E-state index < -0.39 is 16.1 Å². The summed E-state index contributed by atoms with van der Waals surface area (Å²) < 4.78 is 38.6. The molecule has 2 aliphatic heterocycles. The van der Waals surface area contributed by atoms with Gasteiger partial charge in [0.1, 0.15) is 24.6 Å². The van der Waals surface area contributed by atoms with Crippen molar-refractivity contribution >= 4 is 21.8 Å². The van der Waals surface area contributed by atoms with Crippen LogP contribution < -0.4 is 19.5 Å². The van der Waals surface area contributed by atoms with E-state index in [4.69, 9.17) is 9.47 Å². The summed E-state index contributed by atoms with van der Waals surface area (Å²) in [5.41, 5.74) is 0.469. The molecule has 0 fully saturated rings. The summed E-state index contributed by atoms with van der Waals surface area (Å²) in [6, 6.07) is 13.2. The molecule has 1 amide bonds. The molecular weight excluding hydrogens is 406 g/mol. The highest BCUT2D eigenvalue weighted by atomic mass is 32.2. The average molecular weight is 429 g/mol. The van der Waals surface area contributed by atoms with Crippen molar-refractivity contribution in [1.82, 2.24) is 10.0 Å². The number of aliphatic imine (C=N–C) groups is 1. The number of benzene rings is 2. The fourth-order valence-corrected chi connectivity index (χ4v) is 4.60. The topological polar surface area (TPSA) is 106 Å². The molecule has 2 aromatic carbocycles. The van der Waals surface area contributed by atoms with Crippen molar-refractivity contribution in [3.8, 4) is 11.5 Å². The van der Waals surface area contributed by atoms with Crippen LogP contribution in [0.4, 0.5) is 0 Å². The van der Waals surface area contributed by atoms with Gasteiger partial charge >= 0.3 is 0 Å². The van der Waals surface area contributed by atoms with Gasteiger partial charge in [0, 0.05) is 5.56 Å². The van der Waals surface area contributed by atoms with Crippen LogP contribution in [-0.2, 0) is 14.8 Å². The van der Waals surface area contributed by atoms with Gasteiger partial charge in [-0.15, -0.1) is 0 Å². The Hall–Kier alpha value is -3.07. The fourth-order valence-electron chi connectivity index (χ4n) is 3.36. The fraction of sp³-hybridized carbons (Fsp3) is 0.333. The van der Waals surface area contributed by atoms with E-state index in [2.05, 4.69) is 15.0 Å². The summed E-state index contributed by atoms with van der Waals surface area (Å²) >= 11 is 0. The maximum Gasteiger partial charge on any atom is 0.263 e. The average Bonchev–Trinajstić information content (AvgIpc) is 3.00. The lowest BCUT2D eigenvalue weighted by atomic mass is 10.0. The Morgan fingerprint density at radius 3 is 2.63 bits per heavy atom. The first-order valence-corrected chi connectivity index (χ1v) is 11.2. The van der Waals surface area contributed by atoms with Crippen LogP contribution in [0, 0.1) is 5.92 Å². The second kappa shape index (κ2) is 7.98. The third-order valence-corrected chi connectivity index (χ3v) is 6.30. The highest BCUT2D eigenvalue weighted by Gasteiger charge is 2.33. The number of rotatable bonds is 5. The molecule has 0 saturated carbocycles. The molecule has 2 N–H and O–H groups in total. The van der Waals surface area contributed by atoms with Crippen LogP contribution in [0.5, 0.6) is 11.5 Å². The predicted molar refractivity (Wildman–Crippen MR) is 111 cm³/mol. The van der Waals surface area contributed by atoms with Crippen LogP contribution in [0.2, 0.25) is 0 Å². The van der Waals surface area contributed by atoms with E-state index in [1.165, 1.54) is 6.07 Å². The first-order chi connectivity index (χ1) is 14.3. The zero-order valence-electron chi connectivity index (χ0n) is 16.7. The standard InChI is InChI=1S/C21H23N3O5S/c1-13(2)19(23-20-15-7-3-6-10-18(15)30(26,27)24-20)21(25)22-11-14-12-28-16-8-4-5-9-17(16)29-14/h3-10,13-14,19H,11-12H2,1-2H3,(H,22,25)(H,23,24)/t14?,19-/m0/s1. The summed E-state index contributed by atoms with van der Waals surface area (Å²) in [4.78, 5) is 17.5. The lowest BCUT2D eigenvalue weighted by Crippen LogP contribution is -2.45. The van der Waals surface area contributed by atoms with Crippen LogP contribution in [-0.4, -0.2) is 45.5 Å². The van der Waals surface area contributed by atoms with E-state index in [0.717, 1.165) is 0 Å². The quantitative estimate of drug-likeness (QED) is 0.753. The van der Waals surface area contributed by atoms with Gasteiger partial charge < -0.3 is 14.8 Å². The molecule has 2 aliphatic rings. The molecule has 158 valence electrons. The number of nitrogens with one attached hydrogen (secondary N) is 2. The van der Waals surface area contributed by atoms with Gasteiger partial charge in [0.15, 0.2) is 11.5 Å². The first kappa shape index (κ1) is 20.2. The van der Waals surface area contributed by atoms with E-state index in [9.17, 15) is 13.2 Å². The molecular formula is C21H23N3O5S. The second-order valence-electron chi connectivity index (χ2n) is 7.51. The number of nitrogens with zero attached hydrogens (tertiary/aromatic N) is 1. The van der Waals surface area contributed by atoms with Crippen molar-refractivity contribution in [2.75, 3.05) is 13.2 Å². The summed E-state index contributed by atoms with van der Waals surface area (Å²) in [5, 5.41) is 2.86. The summed E-state index contributed by atoms with van der Waals surface area (Å²) in [6.45, 7) is 4.30. The van der Waals surface area contributed by atoms with Gasteiger partial charge in [-0.2, -0.15) is 0 Å². The molecule has 0 saturated heterocycles. The van der Waals surface area contributed by atoms with Gasteiger partial charge in [-0.1, -0.05) is 38.1 Å². The van der Waals surface area contributed by atoms with E-state index in [1.54, 1.807) is 18.2 Å². The summed E-state index contributed by atoms with van der Waals surface area (Å²) in [7, 11) is -3.66. The maximum atomic E-state index is 12.8. The van der Waals surface area contributed by atoms with Gasteiger partial charge in [-0.25, -0.2) is 8.42 Å². The molecule has 0 aromatic heterocycles. The van der Waals surface area contributed by atoms with Crippen molar-refractivity contribution in [3.05, 3.63) is 54.1 Å². The minimum Gasteiger partial charge on any atom is -0.486 e. The molecule has 0 aliphatic carbocycles. The maximum absolute atomic E-state index is 12.8. The number of hydrogen-bond acceptors (Lipinski definition) is 6. The first-order valence-electron chi connectivity index (χ1n) is 9.71. The zero-order valence-corrected chi connectivity index (χ0v) is 17.5. The smallest absolute Gasteiger partial charge is 0.263 e. The van der Waals surface area contributed by atoms with Crippen LogP contribution >= 0.6 is 0 Å². The van der Waals surface area contributed by atoms with Crippen molar-refractivity contribution in [2.24, 2.45) is 10.9 Å².